The van der Waals surface area contributed by atoms with E-state index < -0.39 is 11.5 Å². The molecule has 0 fully saturated rings. The van der Waals surface area contributed by atoms with Gasteiger partial charge in [-0.2, -0.15) is 0 Å². The van der Waals surface area contributed by atoms with Gasteiger partial charge in [0, 0.05) is 16.8 Å². The summed E-state index contributed by atoms with van der Waals surface area (Å²) in [5.41, 5.74) is 1.07. The number of carbonyl (C=O) groups excluding carboxylic acids is 3. The van der Waals surface area contributed by atoms with Gasteiger partial charge in [0.05, 0.1) is 5.69 Å². The molecule has 152 valence electrons. The fraction of sp³-hybridized carbons (Fsp3) is 0.318. The number of carbonyl (C=O) groups is 3. The molecule has 1 aliphatic heterocycles. The van der Waals surface area contributed by atoms with Gasteiger partial charge in [0.2, 0.25) is 11.8 Å². The molecule has 0 radical (unpaired) electrons. The average Bonchev–Trinajstić information content (AvgIpc) is 2.66. The van der Waals surface area contributed by atoms with E-state index in [1.165, 1.54) is 4.90 Å². The van der Waals surface area contributed by atoms with Crippen LogP contribution in [0.15, 0.2) is 48.5 Å². The first-order valence-corrected chi connectivity index (χ1v) is 9.43. The summed E-state index contributed by atoms with van der Waals surface area (Å²) in [5.74, 6) is -0.311. The molecule has 2 aromatic carbocycles. The summed E-state index contributed by atoms with van der Waals surface area (Å²) in [6, 6.07) is 14.1. The number of hydrogen-bond acceptors (Lipinski definition) is 4. The standard InChI is InChI=1S/C22H25N3O4/c1-14-20(27)25(13-19(26)23-15-8-6-5-7-9-15)17-12-16(10-11-18(17)29-14)24-21(28)22(2,3)4/h5-12,14H,13H2,1-4H3,(H,23,26)(H,24,28). The molecule has 0 saturated carbocycles. The van der Waals surface area contributed by atoms with Crippen LogP contribution in [0, 0.1) is 5.41 Å². The Kier molecular flexibility index (Phi) is 5.59. The lowest BCUT2D eigenvalue weighted by molar-refractivity contribution is -0.127. The molecule has 0 spiro atoms. The van der Waals surface area contributed by atoms with Gasteiger partial charge in [0.1, 0.15) is 12.3 Å². The SMILES string of the molecule is CC1Oc2ccc(NC(=O)C(C)(C)C)cc2N(CC(=O)Nc2ccccc2)C1=O. The van der Waals surface area contributed by atoms with Crippen LogP contribution < -0.4 is 20.3 Å². The third-order valence-electron chi connectivity index (χ3n) is 4.47. The van der Waals surface area contributed by atoms with Crippen molar-refractivity contribution in [2.24, 2.45) is 5.41 Å². The van der Waals surface area contributed by atoms with Crippen molar-refractivity contribution in [3.05, 3.63) is 48.5 Å². The Bertz CT molecular complexity index is 935. The van der Waals surface area contributed by atoms with Crippen molar-refractivity contribution in [3.8, 4) is 5.75 Å². The number of nitrogens with zero attached hydrogens (tertiary/aromatic N) is 1. The van der Waals surface area contributed by atoms with Crippen LogP contribution in [0.25, 0.3) is 0 Å². The van der Waals surface area contributed by atoms with Gasteiger partial charge in [0.15, 0.2) is 6.10 Å². The monoisotopic (exact) mass is 395 g/mol. The molecule has 1 heterocycles. The molecular formula is C22H25N3O4. The molecule has 7 heteroatoms. The molecule has 29 heavy (non-hydrogen) atoms. The number of nitrogens with one attached hydrogen (secondary N) is 2. The molecule has 3 amide bonds. The topological polar surface area (TPSA) is 87.7 Å². The quantitative estimate of drug-likeness (QED) is 0.830. The van der Waals surface area contributed by atoms with Gasteiger partial charge in [-0.1, -0.05) is 39.0 Å². The lowest BCUT2D eigenvalue weighted by atomic mass is 9.95. The predicted octanol–water partition coefficient (Wildman–Crippen LogP) is 3.42. The molecule has 1 aliphatic rings. The zero-order valence-corrected chi connectivity index (χ0v) is 17.0. The van der Waals surface area contributed by atoms with Crippen molar-refractivity contribution >= 4 is 34.8 Å². The van der Waals surface area contributed by atoms with Crippen LogP contribution in [-0.2, 0) is 14.4 Å². The Morgan fingerprint density at radius 3 is 2.38 bits per heavy atom. The van der Waals surface area contributed by atoms with E-state index >= 15 is 0 Å². The largest absolute Gasteiger partial charge is 0.479 e. The van der Waals surface area contributed by atoms with Crippen LogP contribution in [0.3, 0.4) is 0 Å². The molecule has 1 atom stereocenters. The summed E-state index contributed by atoms with van der Waals surface area (Å²) in [6.45, 7) is 6.92. The van der Waals surface area contributed by atoms with Crippen LogP contribution in [-0.4, -0.2) is 30.4 Å². The Morgan fingerprint density at radius 1 is 1.03 bits per heavy atom. The number of amides is 3. The van der Waals surface area contributed by atoms with Crippen LogP contribution in [0.1, 0.15) is 27.7 Å². The Balaban J connectivity index is 1.84. The van der Waals surface area contributed by atoms with Crippen LogP contribution in [0.5, 0.6) is 5.75 Å². The van der Waals surface area contributed by atoms with Crippen LogP contribution in [0.2, 0.25) is 0 Å². The highest BCUT2D eigenvalue weighted by Crippen LogP contribution is 2.36. The number of hydrogen-bond donors (Lipinski definition) is 2. The Hall–Kier alpha value is -3.35. The van der Waals surface area contributed by atoms with Gasteiger partial charge in [-0.05, 0) is 37.3 Å². The first-order valence-electron chi connectivity index (χ1n) is 9.43. The summed E-state index contributed by atoms with van der Waals surface area (Å²) in [5, 5.41) is 5.62. The highest BCUT2D eigenvalue weighted by Gasteiger charge is 2.33. The number of para-hydroxylation sites is 1. The van der Waals surface area contributed by atoms with E-state index in [0.29, 0.717) is 22.8 Å². The number of ether oxygens (including phenoxy) is 1. The minimum Gasteiger partial charge on any atom is -0.479 e. The molecule has 2 aromatic rings. The van der Waals surface area contributed by atoms with Crippen LogP contribution >= 0.6 is 0 Å². The number of rotatable bonds is 4. The highest BCUT2D eigenvalue weighted by atomic mass is 16.5. The summed E-state index contributed by atoms with van der Waals surface area (Å²) in [4.78, 5) is 38.9. The molecule has 0 aliphatic carbocycles. The smallest absolute Gasteiger partial charge is 0.268 e. The predicted molar refractivity (Wildman–Crippen MR) is 112 cm³/mol. The second-order valence-electron chi connectivity index (χ2n) is 7.99. The molecule has 2 N–H and O–H groups in total. The molecular weight excluding hydrogens is 370 g/mol. The summed E-state index contributed by atoms with van der Waals surface area (Å²) < 4.78 is 5.67. The van der Waals surface area contributed by atoms with E-state index in [1.54, 1.807) is 37.3 Å². The minimum absolute atomic E-state index is 0.151. The van der Waals surface area contributed by atoms with Crippen molar-refractivity contribution in [1.29, 1.82) is 0 Å². The van der Waals surface area contributed by atoms with E-state index in [0.717, 1.165) is 0 Å². The maximum atomic E-state index is 12.7. The highest BCUT2D eigenvalue weighted by molar-refractivity contribution is 6.07. The van der Waals surface area contributed by atoms with Gasteiger partial charge in [-0.3, -0.25) is 19.3 Å². The van der Waals surface area contributed by atoms with Crippen LogP contribution in [0.4, 0.5) is 17.1 Å². The van der Waals surface area contributed by atoms with E-state index in [9.17, 15) is 14.4 Å². The molecule has 3 rings (SSSR count). The molecule has 0 saturated heterocycles. The first-order chi connectivity index (χ1) is 13.6. The van der Waals surface area contributed by atoms with Gasteiger partial charge in [0.25, 0.3) is 5.91 Å². The third kappa shape index (κ3) is 4.74. The molecule has 0 aromatic heterocycles. The van der Waals surface area contributed by atoms with Crippen molar-refractivity contribution in [2.75, 3.05) is 22.1 Å². The molecule has 0 bridgehead atoms. The van der Waals surface area contributed by atoms with E-state index in [4.69, 9.17) is 4.74 Å². The van der Waals surface area contributed by atoms with Crippen molar-refractivity contribution in [1.82, 2.24) is 0 Å². The van der Waals surface area contributed by atoms with Crippen molar-refractivity contribution in [2.45, 2.75) is 33.8 Å². The lowest BCUT2D eigenvalue weighted by Gasteiger charge is -2.33. The van der Waals surface area contributed by atoms with Crippen molar-refractivity contribution < 1.29 is 19.1 Å². The Morgan fingerprint density at radius 2 is 1.72 bits per heavy atom. The van der Waals surface area contributed by atoms with Gasteiger partial charge in [-0.15, -0.1) is 0 Å². The minimum atomic E-state index is -0.706. The zero-order chi connectivity index (χ0) is 21.2. The average molecular weight is 395 g/mol. The summed E-state index contributed by atoms with van der Waals surface area (Å²) in [6.07, 6.45) is -0.706. The van der Waals surface area contributed by atoms with Crippen molar-refractivity contribution in [3.63, 3.8) is 0 Å². The van der Waals surface area contributed by atoms with E-state index in [1.807, 2.05) is 39.0 Å². The summed E-state index contributed by atoms with van der Waals surface area (Å²) in [7, 11) is 0. The fourth-order valence-electron chi connectivity index (χ4n) is 2.83. The summed E-state index contributed by atoms with van der Waals surface area (Å²) >= 11 is 0. The second kappa shape index (κ2) is 7.95. The fourth-order valence-corrected chi connectivity index (χ4v) is 2.83. The zero-order valence-electron chi connectivity index (χ0n) is 17.0. The maximum Gasteiger partial charge on any atom is 0.268 e. The van der Waals surface area contributed by atoms with E-state index in [2.05, 4.69) is 10.6 Å². The lowest BCUT2D eigenvalue weighted by Crippen LogP contribution is -2.47. The molecule has 7 nitrogen and oxygen atoms in total. The van der Waals surface area contributed by atoms with Gasteiger partial charge in [-0.25, -0.2) is 0 Å². The third-order valence-corrected chi connectivity index (χ3v) is 4.47. The maximum absolute atomic E-state index is 12.7. The Labute approximate surface area is 170 Å². The van der Waals surface area contributed by atoms with Gasteiger partial charge >= 0.3 is 0 Å². The first kappa shape index (κ1) is 20.4. The number of benzene rings is 2. The number of anilines is 3. The normalized spacial score (nSPS) is 15.9. The van der Waals surface area contributed by atoms with Gasteiger partial charge < -0.3 is 15.4 Å². The second-order valence-corrected chi connectivity index (χ2v) is 7.99. The molecule has 1 unspecified atom stereocenters. The number of fused-ring (bicyclic) bond motifs is 1. The van der Waals surface area contributed by atoms with E-state index in [-0.39, 0.29) is 24.3 Å².